The van der Waals surface area contributed by atoms with Crippen LogP contribution in [-0.2, 0) is 0 Å². The molecule has 0 radical (unpaired) electrons. The second-order valence-corrected chi connectivity index (χ2v) is 5.00. The molecule has 0 bridgehead atoms. The van der Waals surface area contributed by atoms with Gasteiger partial charge in [-0.15, -0.1) is 0 Å². The predicted octanol–water partition coefficient (Wildman–Crippen LogP) is 1.60. The van der Waals surface area contributed by atoms with Crippen molar-refractivity contribution in [3.05, 3.63) is 0 Å². The third kappa shape index (κ3) is 2.05. The van der Waals surface area contributed by atoms with Crippen molar-refractivity contribution >= 4 is 0 Å². The maximum Gasteiger partial charge on any atom is 0.00676 e. The SMILES string of the molecule is CC1CCCN1CC1(CCN)CC1. The van der Waals surface area contributed by atoms with E-state index in [2.05, 4.69) is 11.8 Å². The van der Waals surface area contributed by atoms with Crippen LogP contribution in [0, 0.1) is 5.41 Å². The summed E-state index contributed by atoms with van der Waals surface area (Å²) in [6.07, 6.45) is 6.90. The number of hydrogen-bond donors (Lipinski definition) is 1. The zero-order valence-corrected chi connectivity index (χ0v) is 8.76. The third-order valence-electron chi connectivity index (χ3n) is 3.86. The summed E-state index contributed by atoms with van der Waals surface area (Å²) in [7, 11) is 0. The summed E-state index contributed by atoms with van der Waals surface area (Å²) in [5.41, 5.74) is 6.29. The van der Waals surface area contributed by atoms with Crippen LogP contribution in [0.4, 0.5) is 0 Å². The van der Waals surface area contributed by atoms with Gasteiger partial charge in [-0.1, -0.05) is 0 Å². The summed E-state index contributed by atoms with van der Waals surface area (Å²) in [5.74, 6) is 0. The summed E-state index contributed by atoms with van der Waals surface area (Å²) in [6, 6.07) is 0.829. The minimum absolute atomic E-state index is 0.646. The molecule has 1 atom stereocenters. The Hall–Kier alpha value is -0.0800. The van der Waals surface area contributed by atoms with Crippen molar-refractivity contribution in [1.29, 1.82) is 0 Å². The fourth-order valence-corrected chi connectivity index (χ4v) is 2.63. The first kappa shape index (κ1) is 9.47. The largest absolute Gasteiger partial charge is 0.330 e. The molecule has 0 aromatic carbocycles. The van der Waals surface area contributed by atoms with Gasteiger partial charge in [-0.25, -0.2) is 0 Å². The van der Waals surface area contributed by atoms with Crippen molar-refractivity contribution in [3.8, 4) is 0 Å². The molecule has 0 spiro atoms. The number of rotatable bonds is 4. The molecule has 0 aromatic rings. The van der Waals surface area contributed by atoms with Gasteiger partial charge in [-0.3, -0.25) is 0 Å². The molecule has 2 fully saturated rings. The van der Waals surface area contributed by atoms with Gasteiger partial charge < -0.3 is 10.6 Å². The zero-order chi connectivity index (χ0) is 9.31. The van der Waals surface area contributed by atoms with Crippen LogP contribution in [0.25, 0.3) is 0 Å². The average Bonchev–Trinajstić information content (AvgIpc) is 2.73. The lowest BCUT2D eigenvalue weighted by molar-refractivity contribution is 0.208. The van der Waals surface area contributed by atoms with Crippen molar-refractivity contribution in [2.24, 2.45) is 11.1 Å². The van der Waals surface area contributed by atoms with Crippen LogP contribution in [-0.4, -0.2) is 30.6 Å². The summed E-state index contributed by atoms with van der Waals surface area (Å²) in [6.45, 7) is 5.90. The molecule has 0 aromatic heterocycles. The monoisotopic (exact) mass is 182 g/mol. The van der Waals surface area contributed by atoms with Crippen molar-refractivity contribution in [1.82, 2.24) is 4.90 Å². The van der Waals surface area contributed by atoms with Gasteiger partial charge in [0.2, 0.25) is 0 Å². The van der Waals surface area contributed by atoms with Crippen LogP contribution in [0.15, 0.2) is 0 Å². The van der Waals surface area contributed by atoms with E-state index >= 15 is 0 Å². The van der Waals surface area contributed by atoms with E-state index in [0.29, 0.717) is 5.41 Å². The van der Waals surface area contributed by atoms with Crippen LogP contribution < -0.4 is 5.73 Å². The number of nitrogens with zero attached hydrogens (tertiary/aromatic N) is 1. The van der Waals surface area contributed by atoms with E-state index in [1.807, 2.05) is 0 Å². The molecule has 1 unspecified atom stereocenters. The lowest BCUT2D eigenvalue weighted by Crippen LogP contribution is -2.33. The lowest BCUT2D eigenvalue weighted by atomic mass is 10.0. The Balaban J connectivity index is 1.83. The third-order valence-corrected chi connectivity index (χ3v) is 3.86. The first-order chi connectivity index (χ1) is 6.26. The summed E-state index contributed by atoms with van der Waals surface area (Å²) >= 11 is 0. The predicted molar refractivity (Wildman–Crippen MR) is 55.6 cm³/mol. The van der Waals surface area contributed by atoms with E-state index in [1.165, 1.54) is 45.2 Å². The number of hydrogen-bond acceptors (Lipinski definition) is 2. The molecule has 2 rings (SSSR count). The molecular weight excluding hydrogens is 160 g/mol. The highest BCUT2D eigenvalue weighted by Crippen LogP contribution is 2.49. The van der Waals surface area contributed by atoms with Gasteiger partial charge in [-0.05, 0) is 57.5 Å². The maximum absolute atomic E-state index is 5.65. The Morgan fingerprint density at radius 1 is 1.46 bits per heavy atom. The van der Waals surface area contributed by atoms with Crippen molar-refractivity contribution in [3.63, 3.8) is 0 Å². The summed E-state index contributed by atoms with van der Waals surface area (Å²) < 4.78 is 0. The van der Waals surface area contributed by atoms with E-state index in [0.717, 1.165) is 12.6 Å². The highest BCUT2D eigenvalue weighted by Gasteiger charge is 2.43. The highest BCUT2D eigenvalue weighted by atomic mass is 15.2. The van der Waals surface area contributed by atoms with Gasteiger partial charge in [0.15, 0.2) is 0 Å². The molecule has 2 N–H and O–H groups in total. The van der Waals surface area contributed by atoms with Crippen LogP contribution in [0.5, 0.6) is 0 Å². The molecule has 13 heavy (non-hydrogen) atoms. The van der Waals surface area contributed by atoms with Crippen molar-refractivity contribution < 1.29 is 0 Å². The van der Waals surface area contributed by atoms with E-state index < -0.39 is 0 Å². The molecule has 2 aliphatic rings. The quantitative estimate of drug-likeness (QED) is 0.715. The first-order valence-corrected chi connectivity index (χ1v) is 5.70. The van der Waals surface area contributed by atoms with Gasteiger partial charge in [0.05, 0.1) is 0 Å². The molecule has 0 amide bonds. The molecule has 1 saturated heterocycles. The van der Waals surface area contributed by atoms with E-state index in [9.17, 15) is 0 Å². The minimum atomic E-state index is 0.646. The first-order valence-electron chi connectivity index (χ1n) is 5.70. The molecule has 1 aliphatic heterocycles. The Labute approximate surface area is 81.5 Å². The van der Waals surface area contributed by atoms with Crippen LogP contribution in [0.3, 0.4) is 0 Å². The fourth-order valence-electron chi connectivity index (χ4n) is 2.63. The second-order valence-electron chi connectivity index (χ2n) is 5.00. The molecule has 1 saturated carbocycles. The van der Waals surface area contributed by atoms with Crippen LogP contribution in [0.1, 0.15) is 39.0 Å². The van der Waals surface area contributed by atoms with E-state index in [4.69, 9.17) is 5.73 Å². The van der Waals surface area contributed by atoms with Crippen LogP contribution in [0.2, 0.25) is 0 Å². The molecular formula is C11H22N2. The lowest BCUT2D eigenvalue weighted by Gasteiger charge is -2.26. The second kappa shape index (κ2) is 3.58. The van der Waals surface area contributed by atoms with Crippen LogP contribution >= 0.6 is 0 Å². The Kier molecular flexibility index (Phi) is 2.61. The topological polar surface area (TPSA) is 29.3 Å². The fraction of sp³-hybridized carbons (Fsp3) is 1.00. The Morgan fingerprint density at radius 2 is 2.23 bits per heavy atom. The standard InChI is InChI=1S/C11H22N2/c1-10-3-2-8-13(10)9-11(4-5-11)6-7-12/h10H,2-9,12H2,1H3. The zero-order valence-electron chi connectivity index (χ0n) is 8.76. The maximum atomic E-state index is 5.65. The molecule has 1 aliphatic carbocycles. The number of nitrogens with two attached hydrogens (primary N) is 1. The van der Waals surface area contributed by atoms with Gasteiger partial charge in [0, 0.05) is 12.6 Å². The highest BCUT2D eigenvalue weighted by molar-refractivity contribution is 4.97. The summed E-state index contributed by atoms with van der Waals surface area (Å²) in [5, 5.41) is 0. The molecule has 2 heteroatoms. The Morgan fingerprint density at radius 3 is 2.69 bits per heavy atom. The van der Waals surface area contributed by atoms with Gasteiger partial charge >= 0.3 is 0 Å². The average molecular weight is 182 g/mol. The minimum Gasteiger partial charge on any atom is -0.330 e. The van der Waals surface area contributed by atoms with Gasteiger partial charge in [0.25, 0.3) is 0 Å². The van der Waals surface area contributed by atoms with Crippen molar-refractivity contribution in [2.45, 2.75) is 45.1 Å². The Bertz CT molecular complexity index is 175. The summed E-state index contributed by atoms with van der Waals surface area (Å²) in [4.78, 5) is 2.67. The van der Waals surface area contributed by atoms with Gasteiger partial charge in [-0.2, -0.15) is 0 Å². The number of likely N-dealkylation sites (tertiary alicyclic amines) is 1. The molecule has 76 valence electrons. The normalized spacial score (nSPS) is 32.3. The molecule has 1 heterocycles. The van der Waals surface area contributed by atoms with E-state index in [-0.39, 0.29) is 0 Å². The smallest absolute Gasteiger partial charge is 0.00676 e. The van der Waals surface area contributed by atoms with E-state index in [1.54, 1.807) is 0 Å². The van der Waals surface area contributed by atoms with Crippen molar-refractivity contribution in [2.75, 3.05) is 19.6 Å². The van der Waals surface area contributed by atoms with Gasteiger partial charge in [0.1, 0.15) is 0 Å². The molecule has 2 nitrogen and oxygen atoms in total.